The number of nitrogens with zero attached hydrogens (tertiary/aromatic N) is 7. The lowest BCUT2D eigenvalue weighted by Gasteiger charge is -2.02. The Kier molecular flexibility index (Phi) is 8.11. The van der Waals surface area contributed by atoms with E-state index in [9.17, 15) is 26.7 Å². The lowest BCUT2D eigenvalue weighted by Crippen LogP contribution is -2.26. The molecule has 0 bridgehead atoms. The highest BCUT2D eigenvalue weighted by molar-refractivity contribution is 5.73. The molecule has 0 radical (unpaired) electrons. The predicted molar refractivity (Wildman–Crippen MR) is 102 cm³/mol. The fourth-order valence-corrected chi connectivity index (χ4v) is 2.25. The standard InChI is InChI=1S/C15H16F2N8O.C2HF3O2/c1-2-23-7-11(4-21-23)12-5-20-13(6-19-12)24-9-22-25(15(24)26)8-10(3-18)14(16)17;3-2(4,5)1(6)7/h4-7,9H,2-3,8,18H2,1H3;(H,6,7). The van der Waals surface area contributed by atoms with Crippen LogP contribution in [0.5, 0.6) is 0 Å². The fraction of sp³-hybridized carbons (Fsp3) is 0.294. The van der Waals surface area contributed by atoms with Gasteiger partial charge in [0.25, 0.3) is 6.08 Å². The van der Waals surface area contributed by atoms with Crippen LogP contribution in [0.3, 0.4) is 0 Å². The van der Waals surface area contributed by atoms with Crippen LogP contribution in [-0.2, 0) is 17.9 Å². The molecule has 0 amide bonds. The highest BCUT2D eigenvalue weighted by atomic mass is 19.4. The quantitative estimate of drug-likeness (QED) is 0.508. The van der Waals surface area contributed by atoms with Gasteiger partial charge in [-0.1, -0.05) is 0 Å². The average Bonchev–Trinajstić information content (AvgIpc) is 3.38. The minimum Gasteiger partial charge on any atom is -0.475 e. The molecule has 33 heavy (non-hydrogen) atoms. The minimum absolute atomic E-state index is 0.229. The molecule has 0 atom stereocenters. The molecular formula is C17H17F5N8O3. The summed E-state index contributed by atoms with van der Waals surface area (Å²) in [4.78, 5) is 29.7. The van der Waals surface area contributed by atoms with Crippen LogP contribution < -0.4 is 11.4 Å². The first-order valence-electron chi connectivity index (χ1n) is 9.00. The summed E-state index contributed by atoms with van der Waals surface area (Å²) in [6.07, 6.45) is 0.616. The third kappa shape index (κ3) is 6.52. The molecule has 3 N–H and O–H groups in total. The van der Waals surface area contributed by atoms with Gasteiger partial charge < -0.3 is 10.8 Å². The van der Waals surface area contributed by atoms with Gasteiger partial charge in [0.05, 0.1) is 30.8 Å². The summed E-state index contributed by atoms with van der Waals surface area (Å²) in [5, 5.41) is 15.1. The Morgan fingerprint density at radius 2 is 1.82 bits per heavy atom. The molecule has 0 fully saturated rings. The van der Waals surface area contributed by atoms with Crippen molar-refractivity contribution >= 4 is 5.97 Å². The predicted octanol–water partition coefficient (Wildman–Crippen LogP) is 1.45. The first-order valence-corrected chi connectivity index (χ1v) is 9.00. The Balaban J connectivity index is 0.000000479. The Labute approximate surface area is 181 Å². The zero-order chi connectivity index (χ0) is 24.8. The van der Waals surface area contributed by atoms with Gasteiger partial charge in [-0.05, 0) is 6.92 Å². The van der Waals surface area contributed by atoms with E-state index in [4.69, 9.17) is 15.6 Å². The van der Waals surface area contributed by atoms with Crippen molar-refractivity contribution in [3.63, 3.8) is 0 Å². The van der Waals surface area contributed by atoms with Gasteiger partial charge in [-0.3, -0.25) is 9.67 Å². The molecule has 16 heteroatoms. The summed E-state index contributed by atoms with van der Waals surface area (Å²) in [7, 11) is 0. The van der Waals surface area contributed by atoms with E-state index in [0.29, 0.717) is 5.69 Å². The maximum atomic E-state index is 12.7. The van der Waals surface area contributed by atoms with Crippen molar-refractivity contribution < 1.29 is 31.9 Å². The number of carboxylic acid groups (broad SMARTS) is 1. The monoisotopic (exact) mass is 476 g/mol. The number of hydrogen-bond donors (Lipinski definition) is 2. The summed E-state index contributed by atoms with van der Waals surface area (Å²) in [5.41, 5.74) is 5.68. The Morgan fingerprint density at radius 3 is 2.27 bits per heavy atom. The highest BCUT2D eigenvalue weighted by Crippen LogP contribution is 2.15. The molecule has 0 aliphatic rings. The number of alkyl halides is 3. The summed E-state index contributed by atoms with van der Waals surface area (Å²) in [6, 6.07) is 0. The second-order valence-corrected chi connectivity index (χ2v) is 6.16. The molecule has 0 saturated carbocycles. The maximum Gasteiger partial charge on any atom is 0.490 e. The van der Waals surface area contributed by atoms with Crippen LogP contribution in [0.2, 0.25) is 0 Å². The van der Waals surface area contributed by atoms with Gasteiger partial charge in [0.2, 0.25) is 0 Å². The van der Waals surface area contributed by atoms with E-state index >= 15 is 0 Å². The van der Waals surface area contributed by atoms with E-state index in [-0.39, 0.29) is 24.5 Å². The maximum absolute atomic E-state index is 12.7. The van der Waals surface area contributed by atoms with Crippen LogP contribution in [0.15, 0.2) is 47.6 Å². The van der Waals surface area contributed by atoms with Crippen molar-refractivity contribution in [3.05, 3.63) is 53.3 Å². The smallest absolute Gasteiger partial charge is 0.475 e. The number of carboxylic acids is 1. The summed E-state index contributed by atoms with van der Waals surface area (Å²) in [6.45, 7) is 1.96. The topological polar surface area (TPSA) is 147 Å². The molecule has 3 rings (SSSR count). The van der Waals surface area contributed by atoms with Crippen LogP contribution in [0.4, 0.5) is 22.0 Å². The van der Waals surface area contributed by atoms with Crippen molar-refractivity contribution in [3.8, 4) is 17.1 Å². The van der Waals surface area contributed by atoms with E-state index in [0.717, 1.165) is 21.4 Å². The lowest BCUT2D eigenvalue weighted by molar-refractivity contribution is -0.192. The zero-order valence-electron chi connectivity index (χ0n) is 16.9. The molecule has 0 unspecified atom stereocenters. The van der Waals surface area contributed by atoms with Gasteiger partial charge in [0, 0.05) is 30.4 Å². The highest BCUT2D eigenvalue weighted by Gasteiger charge is 2.38. The molecule has 178 valence electrons. The summed E-state index contributed by atoms with van der Waals surface area (Å²) < 4.78 is 60.9. The largest absolute Gasteiger partial charge is 0.490 e. The fourth-order valence-electron chi connectivity index (χ4n) is 2.25. The van der Waals surface area contributed by atoms with Crippen molar-refractivity contribution in [2.75, 3.05) is 6.54 Å². The summed E-state index contributed by atoms with van der Waals surface area (Å²) in [5.74, 6) is -2.53. The number of halogens is 5. The third-order valence-corrected chi connectivity index (χ3v) is 3.97. The number of nitrogens with two attached hydrogens (primary N) is 1. The van der Waals surface area contributed by atoms with E-state index in [1.54, 1.807) is 10.9 Å². The van der Waals surface area contributed by atoms with E-state index in [1.165, 1.54) is 18.7 Å². The van der Waals surface area contributed by atoms with Crippen LogP contribution in [0.25, 0.3) is 17.1 Å². The molecule has 3 heterocycles. The third-order valence-electron chi connectivity index (χ3n) is 3.97. The van der Waals surface area contributed by atoms with Gasteiger partial charge in [-0.15, -0.1) is 0 Å². The van der Waals surface area contributed by atoms with Gasteiger partial charge in [-0.25, -0.2) is 23.8 Å². The number of aromatic nitrogens is 7. The van der Waals surface area contributed by atoms with Crippen molar-refractivity contribution in [2.45, 2.75) is 26.2 Å². The molecule has 11 nitrogen and oxygen atoms in total. The lowest BCUT2D eigenvalue weighted by atomic mass is 10.3. The number of carbonyl (C=O) groups is 1. The number of aryl methyl sites for hydroxylation is 1. The van der Waals surface area contributed by atoms with Crippen LogP contribution >= 0.6 is 0 Å². The molecule has 3 aromatic rings. The van der Waals surface area contributed by atoms with Gasteiger partial charge in [0.1, 0.15) is 6.33 Å². The molecule has 0 spiro atoms. The van der Waals surface area contributed by atoms with Crippen LogP contribution in [-0.4, -0.2) is 57.9 Å². The van der Waals surface area contributed by atoms with Crippen molar-refractivity contribution in [1.29, 1.82) is 0 Å². The van der Waals surface area contributed by atoms with E-state index < -0.39 is 23.9 Å². The van der Waals surface area contributed by atoms with Gasteiger partial charge in [-0.2, -0.15) is 32.1 Å². The Morgan fingerprint density at radius 1 is 1.15 bits per heavy atom. The second-order valence-electron chi connectivity index (χ2n) is 6.16. The molecule has 0 saturated heterocycles. The molecule has 3 aromatic heterocycles. The van der Waals surface area contributed by atoms with E-state index in [1.807, 2.05) is 13.1 Å². The number of rotatable bonds is 6. The first-order chi connectivity index (χ1) is 15.5. The average molecular weight is 476 g/mol. The molecular weight excluding hydrogens is 459 g/mol. The number of hydrogen-bond acceptors (Lipinski definition) is 7. The number of aliphatic carboxylic acids is 1. The van der Waals surface area contributed by atoms with Gasteiger partial charge in [0.15, 0.2) is 5.82 Å². The normalized spacial score (nSPS) is 11.0. The Hall–Kier alpha value is -3.95. The zero-order valence-corrected chi connectivity index (χ0v) is 16.9. The van der Waals surface area contributed by atoms with Crippen molar-refractivity contribution in [2.24, 2.45) is 5.73 Å². The van der Waals surface area contributed by atoms with Gasteiger partial charge >= 0.3 is 17.8 Å². The minimum atomic E-state index is -5.08. The SMILES string of the molecule is CCn1cc(-c2cnc(-n3cnn(CC(CN)=C(F)F)c3=O)cn2)cn1.O=C(O)C(F)(F)F. The van der Waals surface area contributed by atoms with Crippen molar-refractivity contribution in [1.82, 2.24) is 34.1 Å². The Bertz CT molecular complexity index is 1180. The van der Waals surface area contributed by atoms with Crippen LogP contribution in [0.1, 0.15) is 6.92 Å². The van der Waals surface area contributed by atoms with Crippen LogP contribution in [0, 0.1) is 0 Å². The molecule has 0 aliphatic carbocycles. The van der Waals surface area contributed by atoms with E-state index in [2.05, 4.69) is 20.2 Å². The molecule has 0 aromatic carbocycles. The molecule has 0 aliphatic heterocycles. The second kappa shape index (κ2) is 10.6. The first kappa shape index (κ1) is 25.3. The summed E-state index contributed by atoms with van der Waals surface area (Å²) >= 11 is 0.